The highest BCUT2D eigenvalue weighted by atomic mass is 19.1. The molecule has 0 radical (unpaired) electrons. The molecule has 0 aliphatic carbocycles. The highest BCUT2D eigenvalue weighted by Gasteiger charge is 2.33. The Balaban J connectivity index is 2.89. The molecule has 0 atom stereocenters. The van der Waals surface area contributed by atoms with Crippen molar-refractivity contribution in [3.05, 3.63) is 35.6 Å². The summed E-state index contributed by atoms with van der Waals surface area (Å²) in [6, 6.07) is 6.21. The molecule has 0 bridgehead atoms. The number of aliphatic hydroxyl groups is 2. The van der Waals surface area contributed by atoms with Crippen LogP contribution in [0.5, 0.6) is 0 Å². The molecule has 4 heteroatoms. The molecule has 108 valence electrons. The largest absolute Gasteiger partial charge is 0.395 e. The molecule has 0 aliphatic heterocycles. The van der Waals surface area contributed by atoms with Crippen LogP contribution in [0.4, 0.5) is 4.39 Å². The summed E-state index contributed by atoms with van der Waals surface area (Å²) in [4.78, 5) is 0. The molecule has 0 aromatic heterocycles. The van der Waals surface area contributed by atoms with Crippen LogP contribution in [0.3, 0.4) is 0 Å². The molecule has 0 amide bonds. The first kappa shape index (κ1) is 16.1. The zero-order chi connectivity index (χ0) is 14.5. The van der Waals surface area contributed by atoms with Gasteiger partial charge in [-0.05, 0) is 38.8 Å². The number of halogens is 1. The van der Waals surface area contributed by atoms with Crippen molar-refractivity contribution in [1.29, 1.82) is 0 Å². The van der Waals surface area contributed by atoms with E-state index in [9.17, 15) is 14.6 Å². The fourth-order valence-corrected chi connectivity index (χ4v) is 1.96. The van der Waals surface area contributed by atoms with E-state index in [0.29, 0.717) is 18.6 Å². The van der Waals surface area contributed by atoms with Gasteiger partial charge in [0.1, 0.15) is 5.82 Å². The van der Waals surface area contributed by atoms with Gasteiger partial charge >= 0.3 is 0 Å². The van der Waals surface area contributed by atoms with E-state index >= 15 is 0 Å². The normalized spacial score (nSPS) is 12.7. The maximum atomic E-state index is 13.9. The lowest BCUT2D eigenvalue weighted by Crippen LogP contribution is -2.38. The Morgan fingerprint density at radius 2 is 1.68 bits per heavy atom. The van der Waals surface area contributed by atoms with Crippen LogP contribution in [0, 0.1) is 5.82 Å². The highest BCUT2D eigenvalue weighted by Crippen LogP contribution is 2.30. The first-order chi connectivity index (χ1) is 8.84. The number of benzene rings is 1. The van der Waals surface area contributed by atoms with E-state index in [-0.39, 0.29) is 18.8 Å². The average molecular weight is 270 g/mol. The molecule has 1 rings (SSSR count). The molecule has 19 heavy (non-hydrogen) atoms. The predicted molar refractivity (Wildman–Crippen MR) is 72.6 cm³/mol. The van der Waals surface area contributed by atoms with Gasteiger partial charge in [-0.15, -0.1) is 0 Å². The summed E-state index contributed by atoms with van der Waals surface area (Å²) < 4.78 is 19.5. The Morgan fingerprint density at radius 3 is 2.16 bits per heavy atom. The van der Waals surface area contributed by atoms with Gasteiger partial charge in [-0.3, -0.25) is 0 Å². The molecule has 1 aromatic rings. The Bertz CT molecular complexity index is 395. The maximum absolute atomic E-state index is 13.9. The zero-order valence-corrected chi connectivity index (χ0v) is 11.8. The van der Waals surface area contributed by atoms with E-state index in [0.717, 1.165) is 0 Å². The molecule has 0 saturated carbocycles. The van der Waals surface area contributed by atoms with Crippen LogP contribution >= 0.6 is 0 Å². The number of ether oxygens (including phenoxy) is 1. The van der Waals surface area contributed by atoms with Crippen LogP contribution in [-0.2, 0) is 10.2 Å². The van der Waals surface area contributed by atoms with E-state index in [4.69, 9.17) is 4.74 Å². The minimum absolute atomic E-state index is 0.300. The number of hydrogen-bond donors (Lipinski definition) is 2. The SMILES string of the molecule is CC(C)(C)OCCC(CO)(CO)c1ccccc1F. The lowest BCUT2D eigenvalue weighted by molar-refractivity contribution is -0.0222. The fraction of sp³-hybridized carbons (Fsp3) is 0.600. The summed E-state index contributed by atoms with van der Waals surface area (Å²) in [5.41, 5.74) is -0.972. The third-order valence-electron chi connectivity index (χ3n) is 3.17. The predicted octanol–water partition coefficient (Wildman–Crippen LogP) is 2.25. The van der Waals surface area contributed by atoms with Gasteiger partial charge in [0, 0.05) is 12.0 Å². The van der Waals surface area contributed by atoms with Crippen LogP contribution in [0.1, 0.15) is 32.8 Å². The summed E-state index contributed by atoms with van der Waals surface area (Å²) in [6.07, 6.45) is 0.359. The minimum atomic E-state index is -1.00. The second-order valence-corrected chi connectivity index (χ2v) is 5.79. The van der Waals surface area contributed by atoms with E-state index in [1.807, 2.05) is 20.8 Å². The molecular weight excluding hydrogens is 247 g/mol. The molecule has 1 aromatic carbocycles. The quantitative estimate of drug-likeness (QED) is 0.833. The lowest BCUT2D eigenvalue weighted by Gasteiger charge is -2.32. The Kier molecular flexibility index (Phi) is 5.47. The molecule has 3 nitrogen and oxygen atoms in total. The van der Waals surface area contributed by atoms with Crippen LogP contribution in [0.2, 0.25) is 0 Å². The zero-order valence-electron chi connectivity index (χ0n) is 11.8. The van der Waals surface area contributed by atoms with Crippen molar-refractivity contribution in [3.63, 3.8) is 0 Å². The summed E-state index contributed by atoms with van der Waals surface area (Å²) in [5.74, 6) is -0.415. The highest BCUT2D eigenvalue weighted by molar-refractivity contribution is 5.27. The van der Waals surface area contributed by atoms with Crippen LogP contribution < -0.4 is 0 Å². The maximum Gasteiger partial charge on any atom is 0.127 e. The Labute approximate surface area is 114 Å². The van der Waals surface area contributed by atoms with Gasteiger partial charge in [0.2, 0.25) is 0 Å². The second-order valence-electron chi connectivity index (χ2n) is 5.79. The molecule has 0 spiro atoms. The second kappa shape index (κ2) is 6.46. The van der Waals surface area contributed by atoms with Crippen molar-refractivity contribution in [2.75, 3.05) is 19.8 Å². The first-order valence-corrected chi connectivity index (χ1v) is 6.45. The van der Waals surface area contributed by atoms with E-state index in [2.05, 4.69) is 0 Å². The Morgan fingerprint density at radius 1 is 1.11 bits per heavy atom. The average Bonchev–Trinajstić information content (AvgIpc) is 2.35. The van der Waals surface area contributed by atoms with Gasteiger partial charge in [-0.25, -0.2) is 4.39 Å². The molecule has 0 unspecified atom stereocenters. The van der Waals surface area contributed by atoms with Crippen LogP contribution in [-0.4, -0.2) is 35.6 Å². The van der Waals surface area contributed by atoms with E-state index in [1.54, 1.807) is 18.2 Å². The standard InChI is InChI=1S/C15H23FO3/c1-14(2,3)19-9-8-15(10-17,11-18)12-6-4-5-7-13(12)16/h4-7,17-18H,8-11H2,1-3H3. The lowest BCUT2D eigenvalue weighted by atomic mass is 9.79. The number of rotatable bonds is 6. The van der Waals surface area contributed by atoms with Crippen LogP contribution in [0.15, 0.2) is 24.3 Å². The monoisotopic (exact) mass is 270 g/mol. The number of aliphatic hydroxyl groups excluding tert-OH is 2. The van der Waals surface area contributed by atoms with Gasteiger partial charge in [0.15, 0.2) is 0 Å². The van der Waals surface area contributed by atoms with Crippen molar-refractivity contribution in [3.8, 4) is 0 Å². The molecule has 0 aliphatic rings. The van der Waals surface area contributed by atoms with Gasteiger partial charge in [0.25, 0.3) is 0 Å². The van der Waals surface area contributed by atoms with E-state index < -0.39 is 11.2 Å². The van der Waals surface area contributed by atoms with Crippen LogP contribution in [0.25, 0.3) is 0 Å². The summed E-state index contributed by atoms with van der Waals surface area (Å²) in [5, 5.41) is 19.2. The third-order valence-corrected chi connectivity index (χ3v) is 3.17. The van der Waals surface area contributed by atoms with Gasteiger partial charge in [-0.2, -0.15) is 0 Å². The van der Waals surface area contributed by atoms with Gasteiger partial charge in [0.05, 0.1) is 18.8 Å². The van der Waals surface area contributed by atoms with Crippen molar-refractivity contribution in [1.82, 2.24) is 0 Å². The summed E-state index contributed by atoms with van der Waals surface area (Å²) in [6.45, 7) is 5.48. The molecule has 0 saturated heterocycles. The molecule has 0 heterocycles. The topological polar surface area (TPSA) is 49.7 Å². The fourth-order valence-electron chi connectivity index (χ4n) is 1.96. The van der Waals surface area contributed by atoms with Crippen molar-refractivity contribution in [2.45, 2.75) is 38.2 Å². The minimum Gasteiger partial charge on any atom is -0.395 e. The molecule has 0 fully saturated rings. The molecule has 2 N–H and O–H groups in total. The van der Waals surface area contributed by atoms with Gasteiger partial charge < -0.3 is 14.9 Å². The number of hydrogen-bond acceptors (Lipinski definition) is 3. The van der Waals surface area contributed by atoms with Crippen molar-refractivity contribution < 1.29 is 19.3 Å². The van der Waals surface area contributed by atoms with Gasteiger partial charge in [-0.1, -0.05) is 18.2 Å². The summed E-state index contributed by atoms with van der Waals surface area (Å²) in [7, 11) is 0. The van der Waals surface area contributed by atoms with E-state index in [1.165, 1.54) is 6.07 Å². The first-order valence-electron chi connectivity index (χ1n) is 6.45. The third kappa shape index (κ3) is 4.27. The smallest absolute Gasteiger partial charge is 0.127 e. The van der Waals surface area contributed by atoms with Crippen molar-refractivity contribution >= 4 is 0 Å². The summed E-state index contributed by atoms with van der Waals surface area (Å²) >= 11 is 0. The van der Waals surface area contributed by atoms with Crippen molar-refractivity contribution in [2.24, 2.45) is 0 Å². The Hall–Kier alpha value is -0.970. The molecular formula is C15H23FO3.